The van der Waals surface area contributed by atoms with Gasteiger partial charge in [-0.25, -0.2) is 0 Å². The highest BCUT2D eigenvalue weighted by molar-refractivity contribution is 5.76. The minimum Gasteiger partial charge on any atom is -0.496 e. The van der Waals surface area contributed by atoms with E-state index in [2.05, 4.69) is 21.0 Å². The SMILES string of the molecule is COC(=O)CCCC(=O)NCCN1Cc2ccccc2OC(c2ccccc2OC)C1. The Hall–Kier alpha value is -3.06. The maximum Gasteiger partial charge on any atom is 0.305 e. The van der Waals surface area contributed by atoms with Crippen LogP contribution < -0.4 is 14.8 Å². The molecule has 1 heterocycles. The molecule has 1 unspecified atom stereocenters. The second-order valence-electron chi connectivity index (χ2n) is 7.47. The van der Waals surface area contributed by atoms with Gasteiger partial charge in [0.1, 0.15) is 17.6 Å². The lowest BCUT2D eigenvalue weighted by Crippen LogP contribution is -2.36. The van der Waals surface area contributed by atoms with Gasteiger partial charge < -0.3 is 19.5 Å². The number of carbonyl (C=O) groups excluding carboxylic acids is 2. The summed E-state index contributed by atoms with van der Waals surface area (Å²) in [6.07, 6.45) is 0.866. The van der Waals surface area contributed by atoms with E-state index < -0.39 is 0 Å². The molecule has 1 amide bonds. The number of rotatable bonds is 9. The molecular weight excluding hydrogens is 396 g/mol. The van der Waals surface area contributed by atoms with Crippen molar-refractivity contribution in [1.82, 2.24) is 10.2 Å². The summed E-state index contributed by atoms with van der Waals surface area (Å²) in [5.74, 6) is 1.31. The topological polar surface area (TPSA) is 77.1 Å². The Morgan fingerprint density at radius 1 is 1.10 bits per heavy atom. The predicted octanol–water partition coefficient (Wildman–Crippen LogP) is 3.09. The number of benzene rings is 2. The van der Waals surface area contributed by atoms with Crippen LogP contribution in [0, 0.1) is 0 Å². The zero-order valence-electron chi connectivity index (χ0n) is 18.1. The lowest BCUT2D eigenvalue weighted by molar-refractivity contribution is -0.140. The zero-order chi connectivity index (χ0) is 22.1. The number of ether oxygens (including phenoxy) is 3. The van der Waals surface area contributed by atoms with Crippen LogP contribution in [0.15, 0.2) is 48.5 Å². The van der Waals surface area contributed by atoms with E-state index in [0.29, 0.717) is 32.5 Å². The van der Waals surface area contributed by atoms with E-state index in [1.165, 1.54) is 7.11 Å². The number of nitrogens with zero attached hydrogens (tertiary/aromatic N) is 1. The molecule has 0 aliphatic carbocycles. The highest BCUT2D eigenvalue weighted by atomic mass is 16.5. The van der Waals surface area contributed by atoms with Crippen molar-refractivity contribution in [2.24, 2.45) is 0 Å². The lowest BCUT2D eigenvalue weighted by atomic mass is 10.1. The largest absolute Gasteiger partial charge is 0.496 e. The van der Waals surface area contributed by atoms with Gasteiger partial charge in [-0.1, -0.05) is 36.4 Å². The fourth-order valence-electron chi connectivity index (χ4n) is 3.68. The summed E-state index contributed by atoms with van der Waals surface area (Å²) in [7, 11) is 3.01. The van der Waals surface area contributed by atoms with Gasteiger partial charge in [0.05, 0.1) is 14.2 Å². The third kappa shape index (κ3) is 6.46. The number of para-hydroxylation sites is 2. The van der Waals surface area contributed by atoms with Crippen molar-refractivity contribution in [1.29, 1.82) is 0 Å². The van der Waals surface area contributed by atoms with Crippen molar-refractivity contribution < 1.29 is 23.8 Å². The first kappa shape index (κ1) is 22.6. The first-order valence-electron chi connectivity index (χ1n) is 10.5. The van der Waals surface area contributed by atoms with Crippen molar-refractivity contribution in [3.63, 3.8) is 0 Å². The number of esters is 1. The zero-order valence-corrected chi connectivity index (χ0v) is 18.1. The number of fused-ring (bicyclic) bond motifs is 1. The molecule has 0 fully saturated rings. The summed E-state index contributed by atoms with van der Waals surface area (Å²) in [4.78, 5) is 25.5. The van der Waals surface area contributed by atoms with Gasteiger partial charge in [0.25, 0.3) is 0 Å². The van der Waals surface area contributed by atoms with Crippen molar-refractivity contribution in [2.45, 2.75) is 31.9 Å². The molecule has 1 N–H and O–H groups in total. The van der Waals surface area contributed by atoms with Crippen LogP contribution in [0.1, 0.15) is 36.5 Å². The van der Waals surface area contributed by atoms with Crippen LogP contribution in [0.2, 0.25) is 0 Å². The minimum absolute atomic E-state index is 0.0587. The minimum atomic E-state index is -0.293. The quantitative estimate of drug-likeness (QED) is 0.621. The van der Waals surface area contributed by atoms with Gasteiger partial charge in [0.15, 0.2) is 0 Å². The van der Waals surface area contributed by atoms with Crippen LogP contribution in [-0.4, -0.2) is 50.6 Å². The van der Waals surface area contributed by atoms with E-state index in [0.717, 1.165) is 29.2 Å². The Bertz CT molecular complexity index is 886. The van der Waals surface area contributed by atoms with Crippen LogP contribution in [0.25, 0.3) is 0 Å². The van der Waals surface area contributed by atoms with Crippen LogP contribution in [0.4, 0.5) is 0 Å². The van der Waals surface area contributed by atoms with Crippen LogP contribution in [-0.2, 0) is 20.9 Å². The lowest BCUT2D eigenvalue weighted by Gasteiger charge is -2.25. The molecule has 0 saturated heterocycles. The molecule has 166 valence electrons. The maximum absolute atomic E-state index is 12.1. The number of hydrogen-bond donors (Lipinski definition) is 1. The number of hydrogen-bond acceptors (Lipinski definition) is 6. The van der Waals surface area contributed by atoms with Crippen LogP contribution >= 0.6 is 0 Å². The number of nitrogens with one attached hydrogen (secondary N) is 1. The smallest absolute Gasteiger partial charge is 0.305 e. The Kier molecular flexibility index (Phi) is 8.29. The fraction of sp³-hybridized carbons (Fsp3) is 0.417. The van der Waals surface area contributed by atoms with Gasteiger partial charge in [-0.05, 0) is 18.6 Å². The van der Waals surface area contributed by atoms with E-state index in [-0.39, 0.29) is 24.4 Å². The molecule has 1 atom stereocenters. The summed E-state index contributed by atoms with van der Waals surface area (Å²) in [6.45, 7) is 2.62. The molecule has 1 aliphatic heterocycles. The highest BCUT2D eigenvalue weighted by Crippen LogP contribution is 2.34. The normalized spacial score (nSPS) is 15.9. The average Bonchev–Trinajstić information content (AvgIpc) is 2.98. The van der Waals surface area contributed by atoms with Gasteiger partial charge in [0, 0.05) is 50.1 Å². The van der Waals surface area contributed by atoms with Crippen molar-refractivity contribution in [3.8, 4) is 11.5 Å². The monoisotopic (exact) mass is 426 g/mol. The molecule has 0 spiro atoms. The summed E-state index contributed by atoms with van der Waals surface area (Å²) < 4.78 is 16.5. The molecule has 0 radical (unpaired) electrons. The van der Waals surface area contributed by atoms with Crippen molar-refractivity contribution in [3.05, 3.63) is 59.7 Å². The maximum atomic E-state index is 12.1. The number of carbonyl (C=O) groups is 2. The van der Waals surface area contributed by atoms with Crippen LogP contribution in [0.3, 0.4) is 0 Å². The summed E-state index contributed by atoms with van der Waals surface area (Å²) in [5.41, 5.74) is 2.11. The van der Waals surface area contributed by atoms with Gasteiger partial charge >= 0.3 is 5.97 Å². The molecule has 3 rings (SSSR count). The van der Waals surface area contributed by atoms with Crippen molar-refractivity contribution >= 4 is 11.9 Å². The Morgan fingerprint density at radius 3 is 2.68 bits per heavy atom. The number of amides is 1. The van der Waals surface area contributed by atoms with E-state index >= 15 is 0 Å². The molecular formula is C24H30N2O5. The molecule has 0 bridgehead atoms. The predicted molar refractivity (Wildman–Crippen MR) is 117 cm³/mol. The van der Waals surface area contributed by atoms with Gasteiger partial charge in [-0.15, -0.1) is 0 Å². The van der Waals surface area contributed by atoms with Gasteiger partial charge in [-0.3, -0.25) is 14.5 Å². The first-order valence-corrected chi connectivity index (χ1v) is 10.5. The fourth-order valence-corrected chi connectivity index (χ4v) is 3.68. The summed E-state index contributed by atoms with van der Waals surface area (Å²) in [5, 5.41) is 2.95. The Labute approximate surface area is 183 Å². The molecule has 7 heteroatoms. The summed E-state index contributed by atoms with van der Waals surface area (Å²) >= 11 is 0. The standard InChI is InChI=1S/C24H30N2O5/c1-29-21-11-6-4-9-19(21)22-17-26(16-18-8-3-5-10-20(18)31-22)15-14-25-23(27)12-7-13-24(28)30-2/h3-6,8-11,22H,7,12-17H2,1-2H3,(H,25,27). The molecule has 1 aliphatic rings. The van der Waals surface area contributed by atoms with E-state index in [1.807, 2.05) is 42.5 Å². The van der Waals surface area contributed by atoms with Gasteiger partial charge in [-0.2, -0.15) is 0 Å². The highest BCUT2D eigenvalue weighted by Gasteiger charge is 2.26. The van der Waals surface area contributed by atoms with E-state index in [1.54, 1.807) is 7.11 Å². The molecule has 31 heavy (non-hydrogen) atoms. The summed E-state index contributed by atoms with van der Waals surface area (Å²) in [6, 6.07) is 15.9. The first-order chi connectivity index (χ1) is 15.1. The van der Waals surface area contributed by atoms with Crippen molar-refractivity contribution in [2.75, 3.05) is 33.9 Å². The second-order valence-corrected chi connectivity index (χ2v) is 7.47. The second kappa shape index (κ2) is 11.4. The Balaban J connectivity index is 1.62. The third-order valence-electron chi connectivity index (χ3n) is 5.31. The van der Waals surface area contributed by atoms with Crippen LogP contribution in [0.5, 0.6) is 11.5 Å². The van der Waals surface area contributed by atoms with Gasteiger partial charge in [0.2, 0.25) is 5.91 Å². The molecule has 2 aromatic carbocycles. The Morgan fingerprint density at radius 2 is 1.87 bits per heavy atom. The molecule has 2 aromatic rings. The molecule has 7 nitrogen and oxygen atoms in total. The third-order valence-corrected chi connectivity index (χ3v) is 5.31. The van der Waals surface area contributed by atoms with E-state index in [9.17, 15) is 9.59 Å². The molecule has 0 aromatic heterocycles. The number of methoxy groups -OCH3 is 2. The molecule has 0 saturated carbocycles. The average molecular weight is 427 g/mol. The van der Waals surface area contributed by atoms with E-state index in [4.69, 9.17) is 9.47 Å².